The highest BCUT2D eigenvalue weighted by Gasteiger charge is 2.25. The maximum absolute atomic E-state index is 13.1. The number of benzene rings is 1. The Morgan fingerprint density at radius 2 is 2.43 bits per heavy atom. The molecule has 2 heterocycles. The molecule has 1 amide bonds. The van der Waals surface area contributed by atoms with Crippen LogP contribution in [0, 0.1) is 5.82 Å². The van der Waals surface area contributed by atoms with Crippen molar-refractivity contribution in [1.82, 2.24) is 9.88 Å². The molecular weight excluding hydrogens is 293 g/mol. The maximum Gasteiger partial charge on any atom is 0.240 e. The van der Waals surface area contributed by atoms with E-state index >= 15 is 0 Å². The van der Waals surface area contributed by atoms with Crippen molar-refractivity contribution in [3.05, 3.63) is 24.0 Å². The average molecular weight is 309 g/mol. The molecule has 1 aliphatic heterocycles. The number of aliphatic hydroxyl groups is 1. The minimum absolute atomic E-state index is 0.0696. The van der Waals surface area contributed by atoms with Crippen molar-refractivity contribution < 1.29 is 14.3 Å². The number of halogens is 1. The van der Waals surface area contributed by atoms with E-state index in [9.17, 15) is 14.3 Å². The fourth-order valence-electron chi connectivity index (χ4n) is 2.61. The summed E-state index contributed by atoms with van der Waals surface area (Å²) >= 11 is 1.25. The number of thiazole rings is 1. The molecule has 3 rings (SSSR count). The summed E-state index contributed by atoms with van der Waals surface area (Å²) in [5.74, 6) is -0.471. The molecule has 1 aromatic carbocycles. The number of rotatable bonds is 4. The summed E-state index contributed by atoms with van der Waals surface area (Å²) in [6.07, 6.45) is 1.92. The first-order valence-corrected chi connectivity index (χ1v) is 7.68. The second-order valence-electron chi connectivity index (χ2n) is 5.13. The van der Waals surface area contributed by atoms with Gasteiger partial charge in [-0.2, -0.15) is 0 Å². The Bertz CT molecular complexity index is 661. The van der Waals surface area contributed by atoms with Gasteiger partial charge in [0.2, 0.25) is 5.91 Å². The summed E-state index contributed by atoms with van der Waals surface area (Å²) in [6.45, 7) is 1.15. The lowest BCUT2D eigenvalue weighted by atomic mass is 10.2. The van der Waals surface area contributed by atoms with Gasteiger partial charge in [-0.25, -0.2) is 9.37 Å². The number of hydrogen-bond acceptors (Lipinski definition) is 5. The molecule has 0 bridgehead atoms. The van der Waals surface area contributed by atoms with Crippen LogP contribution in [0.2, 0.25) is 0 Å². The quantitative estimate of drug-likeness (QED) is 0.904. The first kappa shape index (κ1) is 14.4. The molecule has 1 fully saturated rings. The number of nitrogens with zero attached hydrogens (tertiary/aromatic N) is 2. The van der Waals surface area contributed by atoms with Crippen LogP contribution in [0.1, 0.15) is 12.8 Å². The summed E-state index contributed by atoms with van der Waals surface area (Å²) < 4.78 is 13.8. The lowest BCUT2D eigenvalue weighted by Gasteiger charge is -2.21. The minimum atomic E-state index is -0.313. The predicted octanol–water partition coefficient (Wildman–Crippen LogP) is 1.83. The van der Waals surface area contributed by atoms with Gasteiger partial charge in [0.25, 0.3) is 0 Å². The van der Waals surface area contributed by atoms with Gasteiger partial charge in [-0.1, -0.05) is 11.3 Å². The highest BCUT2D eigenvalue weighted by Crippen LogP contribution is 2.26. The van der Waals surface area contributed by atoms with Gasteiger partial charge in [-0.3, -0.25) is 9.69 Å². The molecule has 0 radical (unpaired) electrons. The van der Waals surface area contributed by atoms with E-state index in [-0.39, 0.29) is 30.9 Å². The zero-order valence-electron chi connectivity index (χ0n) is 11.4. The van der Waals surface area contributed by atoms with Gasteiger partial charge in [0.1, 0.15) is 5.82 Å². The van der Waals surface area contributed by atoms with Crippen molar-refractivity contribution >= 4 is 32.6 Å². The van der Waals surface area contributed by atoms with Crippen molar-refractivity contribution in [1.29, 1.82) is 0 Å². The van der Waals surface area contributed by atoms with Gasteiger partial charge in [-0.15, -0.1) is 0 Å². The van der Waals surface area contributed by atoms with Gasteiger partial charge < -0.3 is 10.4 Å². The van der Waals surface area contributed by atoms with Crippen LogP contribution in [-0.2, 0) is 4.79 Å². The van der Waals surface area contributed by atoms with E-state index in [1.54, 1.807) is 6.07 Å². The molecule has 1 aliphatic rings. The fourth-order valence-corrected chi connectivity index (χ4v) is 3.51. The highest BCUT2D eigenvalue weighted by atomic mass is 32.1. The predicted molar refractivity (Wildman–Crippen MR) is 79.9 cm³/mol. The molecule has 0 spiro atoms. The lowest BCUT2D eigenvalue weighted by Crippen LogP contribution is -2.38. The Morgan fingerprint density at radius 1 is 1.57 bits per heavy atom. The van der Waals surface area contributed by atoms with Crippen LogP contribution in [0.25, 0.3) is 10.2 Å². The Labute approximate surface area is 125 Å². The largest absolute Gasteiger partial charge is 0.395 e. The van der Waals surface area contributed by atoms with E-state index in [4.69, 9.17) is 0 Å². The van der Waals surface area contributed by atoms with Crippen LogP contribution in [0.5, 0.6) is 0 Å². The monoisotopic (exact) mass is 309 g/mol. The molecule has 2 N–H and O–H groups in total. The number of aliphatic hydroxyl groups excluding tert-OH is 1. The normalized spacial score (nSPS) is 19.2. The first-order chi connectivity index (χ1) is 10.2. The molecule has 1 saturated heterocycles. The maximum atomic E-state index is 13.1. The number of fused-ring (bicyclic) bond motifs is 1. The number of anilines is 1. The van der Waals surface area contributed by atoms with Crippen LogP contribution < -0.4 is 5.32 Å². The Kier molecular flexibility index (Phi) is 4.14. The Balaban J connectivity index is 1.65. The van der Waals surface area contributed by atoms with Crippen LogP contribution >= 0.6 is 11.3 Å². The third kappa shape index (κ3) is 3.20. The zero-order valence-corrected chi connectivity index (χ0v) is 12.2. The van der Waals surface area contributed by atoms with E-state index in [1.807, 2.05) is 4.90 Å². The summed E-state index contributed by atoms with van der Waals surface area (Å²) in [6, 6.07) is 4.42. The van der Waals surface area contributed by atoms with Crippen molar-refractivity contribution in [2.24, 2.45) is 0 Å². The Morgan fingerprint density at radius 3 is 3.24 bits per heavy atom. The van der Waals surface area contributed by atoms with Crippen molar-refractivity contribution in [3.63, 3.8) is 0 Å². The SMILES string of the molecule is O=C(CN1CCC[C@@H]1CO)Nc1nc2ccc(F)cc2s1. The lowest BCUT2D eigenvalue weighted by molar-refractivity contribution is -0.117. The summed E-state index contributed by atoms with van der Waals surface area (Å²) in [5.41, 5.74) is 0.672. The third-order valence-corrected chi connectivity index (χ3v) is 4.59. The van der Waals surface area contributed by atoms with Crippen molar-refractivity contribution in [2.45, 2.75) is 18.9 Å². The second kappa shape index (κ2) is 6.05. The first-order valence-electron chi connectivity index (χ1n) is 6.86. The molecule has 0 saturated carbocycles. The smallest absolute Gasteiger partial charge is 0.240 e. The molecular formula is C14H16FN3O2S. The molecule has 7 heteroatoms. The standard InChI is InChI=1S/C14H16FN3O2S/c15-9-3-4-11-12(6-9)21-14(16-11)17-13(20)7-18-5-1-2-10(18)8-19/h3-4,6,10,19H,1-2,5,7-8H2,(H,16,17,20)/t10-/m1/s1. The van der Waals surface area contributed by atoms with E-state index < -0.39 is 0 Å². The molecule has 112 valence electrons. The number of hydrogen-bond donors (Lipinski definition) is 2. The number of carbonyl (C=O) groups excluding carboxylic acids is 1. The number of aromatic nitrogens is 1. The molecule has 21 heavy (non-hydrogen) atoms. The highest BCUT2D eigenvalue weighted by molar-refractivity contribution is 7.22. The van der Waals surface area contributed by atoms with Gasteiger partial charge in [0.05, 0.1) is 23.4 Å². The molecule has 0 unspecified atom stereocenters. The minimum Gasteiger partial charge on any atom is -0.395 e. The van der Waals surface area contributed by atoms with Crippen LogP contribution in [0.4, 0.5) is 9.52 Å². The van der Waals surface area contributed by atoms with Crippen LogP contribution in [0.3, 0.4) is 0 Å². The van der Waals surface area contributed by atoms with Gasteiger partial charge in [0.15, 0.2) is 5.13 Å². The van der Waals surface area contributed by atoms with E-state index in [1.165, 1.54) is 23.5 Å². The van der Waals surface area contributed by atoms with E-state index in [0.717, 1.165) is 19.4 Å². The van der Waals surface area contributed by atoms with Crippen LogP contribution in [0.15, 0.2) is 18.2 Å². The summed E-state index contributed by atoms with van der Waals surface area (Å²) in [7, 11) is 0. The number of likely N-dealkylation sites (tertiary alicyclic amines) is 1. The van der Waals surface area contributed by atoms with Crippen LogP contribution in [-0.4, -0.2) is 46.6 Å². The summed E-state index contributed by atoms with van der Waals surface area (Å²) in [4.78, 5) is 18.3. The van der Waals surface area contributed by atoms with Gasteiger partial charge in [-0.05, 0) is 37.6 Å². The Hall–Kier alpha value is -1.57. The second-order valence-corrected chi connectivity index (χ2v) is 6.16. The molecule has 5 nitrogen and oxygen atoms in total. The molecule has 1 aromatic heterocycles. The fraction of sp³-hybridized carbons (Fsp3) is 0.429. The van der Waals surface area contributed by atoms with Gasteiger partial charge in [0, 0.05) is 6.04 Å². The number of nitrogens with one attached hydrogen (secondary N) is 1. The van der Waals surface area contributed by atoms with E-state index in [0.29, 0.717) is 15.3 Å². The van der Waals surface area contributed by atoms with Gasteiger partial charge >= 0.3 is 0 Å². The zero-order chi connectivity index (χ0) is 14.8. The molecule has 0 aliphatic carbocycles. The topological polar surface area (TPSA) is 65.5 Å². The number of amides is 1. The van der Waals surface area contributed by atoms with Crippen molar-refractivity contribution in [3.8, 4) is 0 Å². The number of carbonyl (C=O) groups is 1. The third-order valence-electron chi connectivity index (χ3n) is 3.65. The van der Waals surface area contributed by atoms with E-state index in [2.05, 4.69) is 10.3 Å². The summed E-state index contributed by atoms with van der Waals surface area (Å²) in [5, 5.41) is 12.5. The molecule has 1 atom stereocenters. The molecule has 2 aromatic rings. The average Bonchev–Trinajstić information content (AvgIpc) is 3.03. The van der Waals surface area contributed by atoms with Crippen molar-refractivity contribution in [2.75, 3.05) is 25.0 Å².